The smallest absolute Gasteiger partial charge is 0.353 e. The zero-order chi connectivity index (χ0) is 25.1. The summed E-state index contributed by atoms with van der Waals surface area (Å²) in [6, 6.07) is 3.19. The number of aliphatic hydroxyl groups is 4. The van der Waals surface area contributed by atoms with Crippen LogP contribution in [0.4, 0.5) is 0 Å². The molecule has 0 amide bonds. The third-order valence-electron chi connectivity index (χ3n) is 6.50. The number of aromatic nitrogens is 4. The lowest BCUT2D eigenvalue weighted by atomic mass is 10.2. The first-order valence-electron chi connectivity index (χ1n) is 11.3. The first-order valence-corrected chi connectivity index (χ1v) is 11.3. The van der Waals surface area contributed by atoms with Gasteiger partial charge in [-0.2, -0.15) is 9.97 Å². The Morgan fingerprint density at radius 3 is 1.56 bits per heavy atom. The molecule has 6 heterocycles. The second-order valence-electron chi connectivity index (χ2n) is 8.83. The van der Waals surface area contributed by atoms with Gasteiger partial charge in [-0.25, -0.2) is 9.59 Å². The largest absolute Gasteiger partial charge is 0.434 e. The number of fused-ring (bicyclic) bond motifs is 2. The molecule has 0 aromatic carbocycles. The first kappa shape index (κ1) is 23.0. The van der Waals surface area contributed by atoms with E-state index >= 15 is 0 Å². The van der Waals surface area contributed by atoms with E-state index in [0.29, 0.717) is 10.8 Å². The van der Waals surface area contributed by atoms with Gasteiger partial charge in [0.1, 0.15) is 24.7 Å². The molecule has 0 unspecified atom stereocenters. The van der Waals surface area contributed by atoms with Gasteiger partial charge in [0.15, 0.2) is 11.5 Å². The van der Waals surface area contributed by atoms with Crippen LogP contribution in [0.15, 0.2) is 42.9 Å². The van der Waals surface area contributed by atoms with Gasteiger partial charge in [-0.1, -0.05) is 0 Å². The molecule has 0 aliphatic carbocycles. The van der Waals surface area contributed by atoms with Gasteiger partial charge in [-0.3, -0.25) is 9.13 Å². The second-order valence-corrected chi connectivity index (χ2v) is 8.83. The fourth-order valence-electron chi connectivity index (χ4n) is 4.61. The summed E-state index contributed by atoms with van der Waals surface area (Å²) < 4.78 is 25.0. The van der Waals surface area contributed by atoms with E-state index in [1.807, 2.05) is 0 Å². The fourth-order valence-corrected chi connectivity index (χ4v) is 4.61. The Bertz CT molecular complexity index is 1440. The standard InChI is InChI=1S/C22H22N4O10/c27-7-15-11(29)3-17(33-15)25-5-9-1-13(35-19(9)23-21(25)31)14-2-10-6-26(22(32)24-20(10)36-14)18-4-12(30)16(8-28)34-18/h1-2,5-6,11-12,15-18,27-30H,3-4,7-8H2/t11-,12-,15+,16+,17+,18+/m0/s1. The van der Waals surface area contributed by atoms with E-state index in [0.717, 1.165) is 0 Å². The van der Waals surface area contributed by atoms with Crippen molar-refractivity contribution < 1.29 is 38.7 Å². The van der Waals surface area contributed by atoms with E-state index < -0.39 is 48.3 Å². The number of hydrogen-bond acceptors (Lipinski definition) is 12. The van der Waals surface area contributed by atoms with E-state index in [1.165, 1.54) is 21.5 Å². The molecule has 14 heteroatoms. The Morgan fingerprint density at radius 2 is 1.19 bits per heavy atom. The summed E-state index contributed by atoms with van der Waals surface area (Å²) in [6.45, 7) is -0.753. The van der Waals surface area contributed by atoms with Crippen molar-refractivity contribution >= 4 is 22.2 Å². The quantitative estimate of drug-likeness (QED) is 0.267. The molecule has 36 heavy (non-hydrogen) atoms. The van der Waals surface area contributed by atoms with Crippen LogP contribution in [0.2, 0.25) is 0 Å². The number of hydrogen-bond donors (Lipinski definition) is 4. The van der Waals surface area contributed by atoms with Crippen molar-refractivity contribution in [2.24, 2.45) is 0 Å². The van der Waals surface area contributed by atoms with Crippen molar-refractivity contribution in [3.63, 3.8) is 0 Å². The lowest BCUT2D eigenvalue weighted by Gasteiger charge is -2.13. The van der Waals surface area contributed by atoms with Crippen molar-refractivity contribution in [1.82, 2.24) is 19.1 Å². The Hall–Kier alpha value is -3.40. The Balaban J connectivity index is 1.33. The highest BCUT2D eigenvalue weighted by atomic mass is 16.5. The van der Waals surface area contributed by atoms with E-state index in [4.69, 9.17) is 18.3 Å². The van der Waals surface area contributed by atoms with Gasteiger partial charge in [0.05, 0.1) is 36.2 Å². The molecule has 0 bridgehead atoms. The molecule has 4 N–H and O–H groups in total. The van der Waals surface area contributed by atoms with Crippen LogP contribution in [-0.4, -0.2) is 77.2 Å². The SMILES string of the molecule is O=c1nc2oc(-c3cc4cn([C@H]5C[C@H](O)[C@@H](CO)O5)c(=O)nc4o3)cc2cn1[C@H]1C[C@H](O)[C@@H](CO)O1. The predicted octanol–water partition coefficient (Wildman–Crippen LogP) is -0.759. The Labute approximate surface area is 200 Å². The highest BCUT2D eigenvalue weighted by Crippen LogP contribution is 2.33. The lowest BCUT2D eigenvalue weighted by molar-refractivity contribution is -0.0457. The van der Waals surface area contributed by atoms with Crippen molar-refractivity contribution in [3.05, 3.63) is 45.5 Å². The van der Waals surface area contributed by atoms with Gasteiger partial charge in [-0.05, 0) is 12.1 Å². The highest BCUT2D eigenvalue weighted by molar-refractivity contribution is 5.82. The third-order valence-corrected chi connectivity index (χ3v) is 6.50. The Morgan fingerprint density at radius 1 is 0.778 bits per heavy atom. The molecule has 6 rings (SSSR count). The average Bonchev–Trinajstić information content (AvgIpc) is 3.61. The van der Waals surface area contributed by atoms with Crippen LogP contribution < -0.4 is 11.4 Å². The summed E-state index contributed by atoms with van der Waals surface area (Å²) in [7, 11) is 0. The molecule has 6 atom stereocenters. The van der Waals surface area contributed by atoms with Crippen LogP contribution in [0, 0.1) is 0 Å². The molecule has 2 aliphatic heterocycles. The van der Waals surface area contributed by atoms with Crippen molar-refractivity contribution in [3.8, 4) is 11.5 Å². The zero-order valence-corrected chi connectivity index (χ0v) is 18.6. The Kier molecular flexibility index (Phi) is 5.51. The number of aliphatic hydroxyl groups excluding tert-OH is 4. The van der Waals surface area contributed by atoms with Gasteiger partial charge >= 0.3 is 11.4 Å². The van der Waals surface area contributed by atoms with E-state index in [9.17, 15) is 30.0 Å². The molecule has 0 spiro atoms. The fraction of sp³-hybridized carbons (Fsp3) is 0.455. The molecule has 4 aromatic rings. The molecule has 2 saturated heterocycles. The minimum atomic E-state index is -0.911. The van der Waals surface area contributed by atoms with Crippen molar-refractivity contribution in [1.29, 1.82) is 0 Å². The minimum Gasteiger partial charge on any atom is -0.434 e. The van der Waals surface area contributed by atoms with Gasteiger partial charge in [0.25, 0.3) is 0 Å². The van der Waals surface area contributed by atoms with Crippen LogP contribution in [-0.2, 0) is 9.47 Å². The number of rotatable bonds is 5. The molecular formula is C22H22N4O10. The van der Waals surface area contributed by atoms with Gasteiger partial charge < -0.3 is 38.7 Å². The maximum Gasteiger partial charge on any atom is 0.353 e. The summed E-state index contributed by atoms with van der Waals surface area (Å²) >= 11 is 0. The number of furan rings is 2. The van der Waals surface area contributed by atoms with E-state index in [2.05, 4.69) is 9.97 Å². The number of nitrogens with zero attached hydrogens (tertiary/aromatic N) is 4. The first-order chi connectivity index (χ1) is 17.3. The molecule has 14 nitrogen and oxygen atoms in total. The monoisotopic (exact) mass is 502 g/mol. The summed E-state index contributed by atoms with van der Waals surface area (Å²) in [4.78, 5) is 32.9. The van der Waals surface area contributed by atoms with Crippen molar-refractivity contribution in [2.75, 3.05) is 13.2 Å². The molecule has 0 saturated carbocycles. The molecule has 190 valence electrons. The molecule has 2 aliphatic rings. The van der Waals surface area contributed by atoms with Gasteiger partial charge in [0.2, 0.25) is 11.4 Å². The summed E-state index contributed by atoms with van der Waals surface area (Å²) in [5.41, 5.74) is -1.19. The summed E-state index contributed by atoms with van der Waals surface area (Å²) in [5, 5.41) is 39.5. The molecule has 0 radical (unpaired) electrons. The van der Waals surface area contributed by atoms with Crippen LogP contribution in [0.5, 0.6) is 0 Å². The van der Waals surface area contributed by atoms with Crippen LogP contribution in [0.25, 0.3) is 33.7 Å². The maximum atomic E-state index is 12.5. The zero-order valence-electron chi connectivity index (χ0n) is 18.6. The van der Waals surface area contributed by atoms with Crippen LogP contribution in [0.1, 0.15) is 25.3 Å². The van der Waals surface area contributed by atoms with Crippen LogP contribution >= 0.6 is 0 Å². The molecule has 2 fully saturated rings. The molecule has 4 aromatic heterocycles. The van der Waals surface area contributed by atoms with E-state index in [1.54, 1.807) is 12.1 Å². The second kappa shape index (κ2) is 8.62. The number of ether oxygens (including phenoxy) is 2. The topological polar surface area (TPSA) is 195 Å². The predicted molar refractivity (Wildman–Crippen MR) is 119 cm³/mol. The van der Waals surface area contributed by atoms with Gasteiger partial charge in [0, 0.05) is 25.2 Å². The third kappa shape index (κ3) is 3.75. The van der Waals surface area contributed by atoms with Gasteiger partial charge in [-0.15, -0.1) is 0 Å². The van der Waals surface area contributed by atoms with Crippen LogP contribution in [0.3, 0.4) is 0 Å². The maximum absolute atomic E-state index is 12.5. The lowest BCUT2D eigenvalue weighted by Crippen LogP contribution is -2.27. The normalized spacial score (nSPS) is 28.6. The summed E-state index contributed by atoms with van der Waals surface area (Å²) in [5.74, 6) is 0.472. The summed E-state index contributed by atoms with van der Waals surface area (Å²) in [6.07, 6.45) is -1.76. The molecular weight excluding hydrogens is 480 g/mol. The van der Waals surface area contributed by atoms with Crippen molar-refractivity contribution in [2.45, 2.75) is 49.7 Å². The minimum absolute atomic E-state index is 0.0554. The average molecular weight is 502 g/mol. The van der Waals surface area contributed by atoms with E-state index in [-0.39, 0.29) is 49.0 Å². The highest BCUT2D eigenvalue weighted by Gasteiger charge is 2.36.